The molecule has 28 heavy (non-hydrogen) atoms. The fourth-order valence-electron chi connectivity index (χ4n) is 3.15. The van der Waals surface area contributed by atoms with E-state index < -0.39 is 6.09 Å². The van der Waals surface area contributed by atoms with Gasteiger partial charge in [-0.2, -0.15) is 0 Å². The van der Waals surface area contributed by atoms with Crippen molar-refractivity contribution in [2.24, 2.45) is 0 Å². The van der Waals surface area contributed by atoms with Crippen LogP contribution in [0, 0.1) is 13.8 Å². The fourth-order valence-corrected chi connectivity index (χ4v) is 3.74. The minimum atomic E-state index is -0.454. The van der Waals surface area contributed by atoms with Gasteiger partial charge in [0.05, 0.1) is 0 Å². The van der Waals surface area contributed by atoms with E-state index in [2.05, 4.69) is 36.8 Å². The highest BCUT2D eigenvalue weighted by atomic mass is 32.2. The van der Waals surface area contributed by atoms with Crippen molar-refractivity contribution in [3.63, 3.8) is 0 Å². The van der Waals surface area contributed by atoms with Crippen molar-refractivity contribution in [2.45, 2.75) is 77.0 Å². The Morgan fingerprint density at radius 1 is 0.929 bits per heavy atom. The second-order valence-corrected chi connectivity index (χ2v) is 8.23. The van der Waals surface area contributed by atoms with Crippen LogP contribution in [0.1, 0.15) is 68.6 Å². The SMILES string of the molecule is CCCCCCCCCc1ccc(OC(=O)NSc2ccc(C)cc2C)cc1. The van der Waals surface area contributed by atoms with Crippen LogP contribution in [0.3, 0.4) is 0 Å². The van der Waals surface area contributed by atoms with Crippen LogP contribution in [0.25, 0.3) is 0 Å². The monoisotopic (exact) mass is 399 g/mol. The van der Waals surface area contributed by atoms with Crippen LogP contribution in [0.2, 0.25) is 0 Å². The van der Waals surface area contributed by atoms with Gasteiger partial charge in [-0.1, -0.05) is 75.3 Å². The summed E-state index contributed by atoms with van der Waals surface area (Å²) >= 11 is 1.28. The molecule has 2 rings (SSSR count). The third kappa shape index (κ3) is 8.39. The normalized spacial score (nSPS) is 10.7. The standard InChI is InChI=1S/C24H33NO2S/c1-4-5-6-7-8-9-10-11-21-13-15-22(16-14-21)27-24(26)25-28-23-17-12-19(2)18-20(23)3/h12-18H,4-11H2,1-3H3,(H,25,26). The van der Waals surface area contributed by atoms with Crippen LogP contribution < -0.4 is 9.46 Å². The molecule has 3 nitrogen and oxygen atoms in total. The second kappa shape index (κ2) is 12.5. The van der Waals surface area contributed by atoms with Crippen molar-refractivity contribution in [1.29, 1.82) is 0 Å². The first-order valence-electron chi connectivity index (χ1n) is 10.4. The first-order valence-corrected chi connectivity index (χ1v) is 11.2. The minimum absolute atomic E-state index is 0.454. The quantitative estimate of drug-likeness (QED) is 0.316. The number of carbonyl (C=O) groups excluding carboxylic acids is 1. The number of ether oxygens (including phenoxy) is 1. The first-order chi connectivity index (χ1) is 13.6. The van der Waals surface area contributed by atoms with Crippen molar-refractivity contribution >= 4 is 18.0 Å². The van der Waals surface area contributed by atoms with Crippen molar-refractivity contribution in [3.05, 3.63) is 59.2 Å². The van der Waals surface area contributed by atoms with Gasteiger partial charge in [0, 0.05) is 4.90 Å². The summed E-state index contributed by atoms with van der Waals surface area (Å²) in [6.07, 6.45) is 9.86. The van der Waals surface area contributed by atoms with E-state index in [1.807, 2.05) is 31.2 Å². The van der Waals surface area contributed by atoms with Crippen LogP contribution in [-0.4, -0.2) is 6.09 Å². The molecule has 0 fully saturated rings. The molecule has 0 aromatic heterocycles. The van der Waals surface area contributed by atoms with E-state index in [-0.39, 0.29) is 0 Å². The van der Waals surface area contributed by atoms with E-state index in [0.717, 1.165) is 16.9 Å². The first kappa shape index (κ1) is 22.4. The molecule has 152 valence electrons. The summed E-state index contributed by atoms with van der Waals surface area (Å²) in [5.41, 5.74) is 3.65. The lowest BCUT2D eigenvalue weighted by Crippen LogP contribution is -2.20. The zero-order chi connectivity index (χ0) is 20.2. The van der Waals surface area contributed by atoms with Crippen molar-refractivity contribution in [2.75, 3.05) is 0 Å². The summed E-state index contributed by atoms with van der Waals surface area (Å²) in [5, 5.41) is 0. The Morgan fingerprint density at radius 2 is 1.61 bits per heavy atom. The Labute approximate surface area is 174 Å². The van der Waals surface area contributed by atoms with Gasteiger partial charge < -0.3 is 4.74 Å². The van der Waals surface area contributed by atoms with Crippen molar-refractivity contribution in [3.8, 4) is 5.75 Å². The lowest BCUT2D eigenvalue weighted by atomic mass is 10.0. The predicted molar refractivity (Wildman–Crippen MR) is 119 cm³/mol. The van der Waals surface area contributed by atoms with Gasteiger partial charge in [-0.3, -0.25) is 4.72 Å². The van der Waals surface area contributed by atoms with Gasteiger partial charge in [0.1, 0.15) is 5.75 Å². The largest absolute Gasteiger partial charge is 0.422 e. The molecule has 0 unspecified atom stereocenters. The molecule has 4 heteroatoms. The van der Waals surface area contributed by atoms with Crippen LogP contribution >= 0.6 is 11.9 Å². The Hall–Kier alpha value is -1.94. The summed E-state index contributed by atoms with van der Waals surface area (Å²) in [5.74, 6) is 0.571. The molecular formula is C24H33NO2S. The smallest absolute Gasteiger partial charge is 0.410 e. The van der Waals surface area contributed by atoms with Crippen LogP contribution in [0.4, 0.5) is 4.79 Å². The zero-order valence-electron chi connectivity index (χ0n) is 17.4. The lowest BCUT2D eigenvalue weighted by Gasteiger charge is -2.09. The van der Waals surface area contributed by atoms with Crippen molar-refractivity contribution < 1.29 is 9.53 Å². The number of hydrogen-bond donors (Lipinski definition) is 1. The highest BCUT2D eigenvalue weighted by Gasteiger charge is 2.07. The number of unbranched alkanes of at least 4 members (excludes halogenated alkanes) is 6. The number of nitrogens with one attached hydrogen (secondary N) is 1. The maximum absolute atomic E-state index is 12.0. The average molecular weight is 400 g/mol. The summed E-state index contributed by atoms with van der Waals surface area (Å²) in [7, 11) is 0. The Balaban J connectivity index is 1.67. The van der Waals surface area contributed by atoms with E-state index in [9.17, 15) is 4.79 Å². The molecule has 1 N–H and O–H groups in total. The number of rotatable bonds is 11. The van der Waals surface area contributed by atoms with Crippen LogP contribution in [-0.2, 0) is 6.42 Å². The van der Waals surface area contributed by atoms with Crippen LogP contribution in [0.15, 0.2) is 47.4 Å². The molecule has 1 amide bonds. The molecule has 0 saturated carbocycles. The highest BCUT2D eigenvalue weighted by molar-refractivity contribution is 7.98. The molecule has 0 radical (unpaired) electrons. The van der Waals surface area contributed by atoms with E-state index in [1.165, 1.54) is 68.0 Å². The molecule has 2 aromatic carbocycles. The average Bonchev–Trinajstić information content (AvgIpc) is 2.68. The fraction of sp³-hybridized carbons (Fsp3) is 0.458. The number of amides is 1. The number of hydrogen-bond acceptors (Lipinski definition) is 3. The van der Waals surface area contributed by atoms with Gasteiger partial charge in [0.15, 0.2) is 0 Å². The predicted octanol–water partition coefficient (Wildman–Crippen LogP) is 7.39. The third-order valence-electron chi connectivity index (χ3n) is 4.78. The highest BCUT2D eigenvalue weighted by Crippen LogP contribution is 2.21. The van der Waals surface area contributed by atoms with Gasteiger partial charge in [-0.25, -0.2) is 4.79 Å². The lowest BCUT2D eigenvalue weighted by molar-refractivity contribution is 0.207. The van der Waals surface area contributed by atoms with E-state index in [1.54, 1.807) is 0 Å². The summed E-state index contributed by atoms with van der Waals surface area (Å²) in [6.45, 7) is 6.34. The minimum Gasteiger partial charge on any atom is -0.410 e. The summed E-state index contributed by atoms with van der Waals surface area (Å²) in [4.78, 5) is 13.0. The molecule has 0 bridgehead atoms. The molecular weight excluding hydrogens is 366 g/mol. The van der Waals surface area contributed by atoms with Crippen molar-refractivity contribution in [1.82, 2.24) is 4.72 Å². The molecule has 0 aliphatic heterocycles. The van der Waals surface area contributed by atoms with E-state index >= 15 is 0 Å². The van der Waals surface area contributed by atoms with Gasteiger partial charge in [0.25, 0.3) is 0 Å². The molecule has 2 aromatic rings. The maximum Gasteiger partial charge on any atom is 0.422 e. The molecule has 0 aliphatic rings. The summed E-state index contributed by atoms with van der Waals surface area (Å²) in [6, 6.07) is 14.0. The third-order valence-corrected chi connectivity index (χ3v) is 5.72. The van der Waals surface area contributed by atoms with Gasteiger partial charge in [0.2, 0.25) is 0 Å². The molecule has 0 aliphatic carbocycles. The molecule has 0 spiro atoms. The van der Waals surface area contributed by atoms with Crippen LogP contribution in [0.5, 0.6) is 5.75 Å². The Kier molecular flexibility index (Phi) is 9.98. The summed E-state index contributed by atoms with van der Waals surface area (Å²) < 4.78 is 8.10. The molecule has 0 heterocycles. The maximum atomic E-state index is 12.0. The number of carbonyl (C=O) groups is 1. The Bertz CT molecular complexity index is 728. The zero-order valence-corrected chi connectivity index (χ0v) is 18.2. The molecule has 0 atom stereocenters. The van der Waals surface area contributed by atoms with Gasteiger partial charge >= 0.3 is 6.09 Å². The number of benzene rings is 2. The van der Waals surface area contributed by atoms with E-state index in [0.29, 0.717) is 5.75 Å². The van der Waals surface area contributed by atoms with Gasteiger partial charge in [-0.15, -0.1) is 0 Å². The van der Waals surface area contributed by atoms with Gasteiger partial charge in [-0.05, 0) is 68.0 Å². The second-order valence-electron chi connectivity index (χ2n) is 7.38. The Morgan fingerprint density at radius 3 is 2.29 bits per heavy atom. The number of aryl methyl sites for hydroxylation is 3. The molecule has 0 saturated heterocycles. The topological polar surface area (TPSA) is 38.3 Å². The van der Waals surface area contributed by atoms with E-state index in [4.69, 9.17) is 4.74 Å².